The number of carbonyl (C=O) groups is 1. The Labute approximate surface area is 78.1 Å². The van der Waals surface area contributed by atoms with Crippen LogP contribution in [0.3, 0.4) is 0 Å². The lowest BCUT2D eigenvalue weighted by molar-refractivity contribution is 0.0959. The molecule has 2 amide bonds. The van der Waals surface area contributed by atoms with Crippen molar-refractivity contribution in [3.63, 3.8) is 0 Å². The molecule has 0 radical (unpaired) electrons. The molecule has 0 aromatic heterocycles. The molecule has 0 aliphatic carbocycles. The van der Waals surface area contributed by atoms with Crippen molar-refractivity contribution in [1.29, 1.82) is 0 Å². The average Bonchev–Trinajstić information content (AvgIpc) is 2.10. The van der Waals surface area contributed by atoms with Crippen LogP contribution in [0.15, 0.2) is 0 Å². The molecule has 13 heavy (non-hydrogen) atoms. The molecule has 0 bridgehead atoms. The van der Waals surface area contributed by atoms with E-state index in [9.17, 15) is 4.79 Å². The number of rotatable bonds is 5. The number of aliphatic hydroxyl groups is 2. The molecule has 0 rings (SSSR count). The summed E-state index contributed by atoms with van der Waals surface area (Å²) >= 11 is 0. The molecule has 0 saturated heterocycles. The van der Waals surface area contributed by atoms with Gasteiger partial charge >= 0.3 is 6.03 Å². The summed E-state index contributed by atoms with van der Waals surface area (Å²) in [5, 5.41) is 22.4. The molecule has 1 atom stereocenters. The second kappa shape index (κ2) is 6.68. The lowest BCUT2D eigenvalue weighted by atomic mass is 10.2. The Morgan fingerprint density at radius 1 is 1.31 bits per heavy atom. The summed E-state index contributed by atoms with van der Waals surface area (Å²) in [6.07, 6.45) is -0.884. The molecular weight excluding hydrogens is 172 g/mol. The van der Waals surface area contributed by atoms with Crippen LogP contribution in [0.2, 0.25) is 0 Å². The van der Waals surface area contributed by atoms with Gasteiger partial charge in [0.05, 0.1) is 12.7 Å². The number of carbonyl (C=O) groups excluding carboxylic acids is 1. The van der Waals surface area contributed by atoms with Gasteiger partial charge in [-0.25, -0.2) is 4.79 Å². The summed E-state index contributed by atoms with van der Waals surface area (Å²) in [7, 11) is 0. The molecule has 0 fully saturated rings. The Balaban J connectivity index is 3.40. The van der Waals surface area contributed by atoms with Crippen LogP contribution in [0, 0.1) is 5.92 Å². The van der Waals surface area contributed by atoms with Crippen molar-refractivity contribution in [1.82, 2.24) is 10.6 Å². The van der Waals surface area contributed by atoms with E-state index in [1.165, 1.54) is 0 Å². The number of amides is 2. The first-order valence-corrected chi connectivity index (χ1v) is 4.37. The third kappa shape index (κ3) is 7.55. The minimum atomic E-state index is -0.884. The number of hydrogen-bond donors (Lipinski definition) is 4. The number of nitrogens with one attached hydrogen (secondary N) is 2. The van der Waals surface area contributed by atoms with E-state index < -0.39 is 6.10 Å². The van der Waals surface area contributed by atoms with E-state index >= 15 is 0 Å². The van der Waals surface area contributed by atoms with Gasteiger partial charge in [-0.3, -0.25) is 0 Å². The number of hydrogen-bond acceptors (Lipinski definition) is 3. The Bertz CT molecular complexity index is 150. The van der Waals surface area contributed by atoms with Crippen LogP contribution in [0.1, 0.15) is 13.8 Å². The van der Waals surface area contributed by atoms with Crippen molar-refractivity contribution in [2.24, 2.45) is 5.92 Å². The summed E-state index contributed by atoms with van der Waals surface area (Å²) < 4.78 is 0. The van der Waals surface area contributed by atoms with Crippen molar-refractivity contribution in [2.45, 2.75) is 20.0 Å². The van der Waals surface area contributed by atoms with E-state index in [4.69, 9.17) is 10.2 Å². The van der Waals surface area contributed by atoms with Gasteiger partial charge in [0.1, 0.15) is 0 Å². The third-order valence-corrected chi connectivity index (χ3v) is 1.38. The number of urea groups is 1. The number of aliphatic hydroxyl groups excluding tert-OH is 2. The van der Waals surface area contributed by atoms with Crippen LogP contribution in [0.4, 0.5) is 4.79 Å². The molecule has 0 aliphatic rings. The highest BCUT2D eigenvalue weighted by Gasteiger charge is 2.04. The molecule has 0 aliphatic heterocycles. The van der Waals surface area contributed by atoms with Gasteiger partial charge in [-0.05, 0) is 5.92 Å². The van der Waals surface area contributed by atoms with Crippen LogP contribution >= 0.6 is 0 Å². The zero-order valence-corrected chi connectivity index (χ0v) is 8.08. The van der Waals surface area contributed by atoms with Gasteiger partial charge in [-0.2, -0.15) is 0 Å². The minimum Gasteiger partial charge on any atom is -0.394 e. The maximum absolute atomic E-state index is 11.0. The molecule has 78 valence electrons. The predicted molar refractivity (Wildman–Crippen MR) is 49.3 cm³/mol. The van der Waals surface area contributed by atoms with Crippen molar-refractivity contribution in [3.8, 4) is 0 Å². The van der Waals surface area contributed by atoms with E-state index in [2.05, 4.69) is 10.6 Å². The van der Waals surface area contributed by atoms with Gasteiger partial charge in [0, 0.05) is 13.1 Å². The van der Waals surface area contributed by atoms with Crippen molar-refractivity contribution >= 4 is 6.03 Å². The Morgan fingerprint density at radius 2 is 1.85 bits per heavy atom. The predicted octanol–water partition coefficient (Wildman–Crippen LogP) is -0.705. The summed E-state index contributed by atoms with van der Waals surface area (Å²) in [5.41, 5.74) is 0. The molecule has 0 saturated carbocycles. The Morgan fingerprint density at radius 3 is 2.31 bits per heavy atom. The van der Waals surface area contributed by atoms with Crippen molar-refractivity contribution in [3.05, 3.63) is 0 Å². The molecule has 5 heteroatoms. The van der Waals surface area contributed by atoms with Gasteiger partial charge in [0.2, 0.25) is 0 Å². The molecule has 4 N–H and O–H groups in total. The largest absolute Gasteiger partial charge is 0.394 e. The molecular formula is C8H18N2O3. The van der Waals surface area contributed by atoms with E-state index in [1.807, 2.05) is 13.8 Å². The average molecular weight is 190 g/mol. The van der Waals surface area contributed by atoms with Crippen LogP contribution < -0.4 is 10.6 Å². The van der Waals surface area contributed by atoms with Gasteiger partial charge < -0.3 is 20.8 Å². The first-order chi connectivity index (χ1) is 6.06. The van der Waals surface area contributed by atoms with Crippen LogP contribution in [0.25, 0.3) is 0 Å². The molecule has 1 unspecified atom stereocenters. The van der Waals surface area contributed by atoms with E-state index in [0.717, 1.165) is 0 Å². The second-order valence-electron chi connectivity index (χ2n) is 3.32. The molecule has 0 spiro atoms. The lowest BCUT2D eigenvalue weighted by Crippen LogP contribution is -2.41. The van der Waals surface area contributed by atoms with E-state index in [1.54, 1.807) is 0 Å². The quantitative estimate of drug-likeness (QED) is 0.462. The SMILES string of the molecule is CC(C)CNC(=O)NCC(O)CO. The van der Waals surface area contributed by atoms with Crippen LogP contribution in [0.5, 0.6) is 0 Å². The Kier molecular flexibility index (Phi) is 6.26. The Hall–Kier alpha value is -0.810. The van der Waals surface area contributed by atoms with Crippen LogP contribution in [-0.4, -0.2) is 42.0 Å². The first-order valence-electron chi connectivity index (χ1n) is 4.37. The maximum atomic E-state index is 11.0. The lowest BCUT2D eigenvalue weighted by Gasteiger charge is -2.11. The standard InChI is InChI=1S/C8H18N2O3/c1-6(2)3-9-8(13)10-4-7(12)5-11/h6-7,11-12H,3-5H2,1-2H3,(H2,9,10,13). The van der Waals surface area contributed by atoms with Gasteiger partial charge in [-0.15, -0.1) is 0 Å². The second-order valence-corrected chi connectivity index (χ2v) is 3.32. The van der Waals surface area contributed by atoms with Gasteiger partial charge in [-0.1, -0.05) is 13.8 Å². The minimum absolute atomic E-state index is 0.0699. The monoisotopic (exact) mass is 190 g/mol. The first kappa shape index (κ1) is 12.2. The third-order valence-electron chi connectivity index (χ3n) is 1.38. The molecule has 0 aromatic rings. The van der Waals surface area contributed by atoms with E-state index in [0.29, 0.717) is 12.5 Å². The van der Waals surface area contributed by atoms with Gasteiger partial charge in [0.15, 0.2) is 0 Å². The van der Waals surface area contributed by atoms with E-state index in [-0.39, 0.29) is 19.2 Å². The fraction of sp³-hybridized carbons (Fsp3) is 0.875. The molecule has 5 nitrogen and oxygen atoms in total. The highest BCUT2D eigenvalue weighted by Crippen LogP contribution is 1.86. The van der Waals surface area contributed by atoms with Gasteiger partial charge in [0.25, 0.3) is 0 Å². The molecule has 0 heterocycles. The van der Waals surface area contributed by atoms with Crippen molar-refractivity contribution in [2.75, 3.05) is 19.7 Å². The smallest absolute Gasteiger partial charge is 0.314 e. The fourth-order valence-corrected chi connectivity index (χ4v) is 0.634. The molecule has 0 aromatic carbocycles. The summed E-state index contributed by atoms with van der Waals surface area (Å²) in [5.74, 6) is 0.397. The summed E-state index contributed by atoms with van der Waals surface area (Å²) in [6, 6.07) is -0.318. The summed E-state index contributed by atoms with van der Waals surface area (Å²) in [4.78, 5) is 11.0. The normalized spacial score (nSPS) is 12.7. The maximum Gasteiger partial charge on any atom is 0.314 e. The highest BCUT2D eigenvalue weighted by molar-refractivity contribution is 5.73. The van der Waals surface area contributed by atoms with Crippen molar-refractivity contribution < 1.29 is 15.0 Å². The van der Waals surface area contributed by atoms with Crippen LogP contribution in [-0.2, 0) is 0 Å². The highest BCUT2D eigenvalue weighted by atomic mass is 16.3. The fourth-order valence-electron chi connectivity index (χ4n) is 0.634. The summed E-state index contributed by atoms with van der Waals surface area (Å²) in [6.45, 7) is 4.30. The zero-order chi connectivity index (χ0) is 10.3. The zero-order valence-electron chi connectivity index (χ0n) is 8.08. The topological polar surface area (TPSA) is 81.6 Å².